The molecule has 0 aliphatic heterocycles. The van der Waals surface area contributed by atoms with E-state index < -0.39 is 0 Å². The second-order valence-corrected chi connectivity index (χ2v) is 2.40. The number of rotatable bonds is 2. The van der Waals surface area contributed by atoms with Gasteiger partial charge in [0.05, 0.1) is 0 Å². The van der Waals surface area contributed by atoms with Crippen LogP contribution < -0.4 is 0 Å². The first-order valence-corrected chi connectivity index (χ1v) is 3.66. The molecule has 0 amide bonds. The molecule has 0 aromatic carbocycles. The molecule has 0 fully saturated rings. The van der Waals surface area contributed by atoms with Crippen molar-refractivity contribution in [1.29, 1.82) is 0 Å². The quantitative estimate of drug-likeness (QED) is 0.604. The number of nitrogens with zero attached hydrogens (tertiary/aromatic N) is 1. The van der Waals surface area contributed by atoms with Crippen LogP contribution in [0.25, 0.3) is 0 Å². The molecule has 0 saturated carbocycles. The maximum Gasteiger partial charge on any atom is 0.0410 e. The second-order valence-electron chi connectivity index (χ2n) is 2.40. The van der Waals surface area contributed by atoms with Gasteiger partial charge in [-0.05, 0) is 31.0 Å². The monoisotopic (exact) mass is 134 g/mol. The fraction of sp³-hybridized carbons (Fsp3) is 0.444. The van der Waals surface area contributed by atoms with Crippen LogP contribution in [0.5, 0.6) is 0 Å². The molecule has 0 N–H and O–H groups in total. The minimum absolute atomic E-state index is 1.10. The fourth-order valence-corrected chi connectivity index (χ4v) is 0.972. The van der Waals surface area contributed by atoms with E-state index in [-0.39, 0.29) is 0 Å². The van der Waals surface area contributed by atoms with E-state index in [1.165, 1.54) is 12.0 Å². The second kappa shape index (κ2) is 3.35. The minimum atomic E-state index is 1.10. The van der Waals surface area contributed by atoms with Crippen LogP contribution in [0.15, 0.2) is 12.3 Å². The van der Waals surface area contributed by atoms with Crippen molar-refractivity contribution in [3.63, 3.8) is 0 Å². The van der Waals surface area contributed by atoms with Crippen LogP contribution in [-0.2, 0) is 6.42 Å². The summed E-state index contributed by atoms with van der Waals surface area (Å²) in [5.74, 6) is 0. The lowest BCUT2D eigenvalue weighted by Crippen LogP contribution is -1.90. The average Bonchev–Trinajstić information content (AvgIpc) is 1.94. The Labute approximate surface area is 62.1 Å². The van der Waals surface area contributed by atoms with Crippen LogP contribution in [-0.4, -0.2) is 4.98 Å². The lowest BCUT2D eigenvalue weighted by molar-refractivity contribution is 0.897. The summed E-state index contributed by atoms with van der Waals surface area (Å²) in [6.45, 7) is 4.20. The summed E-state index contributed by atoms with van der Waals surface area (Å²) < 4.78 is 0. The highest BCUT2D eigenvalue weighted by Gasteiger charge is 1.94. The van der Waals surface area contributed by atoms with Crippen molar-refractivity contribution in [2.24, 2.45) is 0 Å². The Morgan fingerprint density at radius 2 is 2.40 bits per heavy atom. The largest absolute Gasteiger partial charge is 0.261 e. The van der Waals surface area contributed by atoms with Crippen molar-refractivity contribution >= 4 is 0 Å². The topological polar surface area (TPSA) is 12.9 Å². The molecule has 0 aliphatic rings. The van der Waals surface area contributed by atoms with E-state index in [0.717, 1.165) is 12.1 Å². The van der Waals surface area contributed by atoms with Gasteiger partial charge in [-0.25, -0.2) is 0 Å². The van der Waals surface area contributed by atoms with Gasteiger partial charge in [0, 0.05) is 11.9 Å². The lowest BCUT2D eigenvalue weighted by atomic mass is 10.1. The third-order valence-corrected chi connectivity index (χ3v) is 1.54. The summed E-state index contributed by atoms with van der Waals surface area (Å²) in [6, 6.07) is 5.05. The zero-order valence-electron chi connectivity index (χ0n) is 6.52. The van der Waals surface area contributed by atoms with Gasteiger partial charge in [-0.15, -0.1) is 0 Å². The van der Waals surface area contributed by atoms with E-state index in [2.05, 4.69) is 18.0 Å². The van der Waals surface area contributed by atoms with Crippen LogP contribution in [0.3, 0.4) is 0 Å². The molecule has 1 aromatic rings. The van der Waals surface area contributed by atoms with E-state index in [0.29, 0.717) is 0 Å². The van der Waals surface area contributed by atoms with Gasteiger partial charge in [-0.1, -0.05) is 13.3 Å². The highest BCUT2D eigenvalue weighted by molar-refractivity contribution is 5.16. The maximum absolute atomic E-state index is 4.17. The standard InChI is InChI=1S/C9H12N/c1-3-5-9-6-4-7-10-8(9)2/h4,7H,3,5H2,1-2H3. The molecule has 1 heterocycles. The Balaban J connectivity index is 2.81. The predicted molar refractivity (Wildman–Crippen MR) is 41.8 cm³/mol. The number of aromatic nitrogens is 1. The van der Waals surface area contributed by atoms with E-state index in [1.54, 1.807) is 6.20 Å². The van der Waals surface area contributed by atoms with Gasteiger partial charge in [0.25, 0.3) is 0 Å². The Morgan fingerprint density at radius 1 is 1.60 bits per heavy atom. The average molecular weight is 134 g/mol. The van der Waals surface area contributed by atoms with Crippen molar-refractivity contribution in [1.82, 2.24) is 4.98 Å². The van der Waals surface area contributed by atoms with Crippen LogP contribution >= 0.6 is 0 Å². The molecule has 0 atom stereocenters. The van der Waals surface area contributed by atoms with Gasteiger partial charge in [0.15, 0.2) is 0 Å². The molecule has 1 rings (SSSR count). The predicted octanol–water partition coefficient (Wildman–Crippen LogP) is 2.14. The highest BCUT2D eigenvalue weighted by Crippen LogP contribution is 2.04. The molecule has 10 heavy (non-hydrogen) atoms. The summed E-state index contributed by atoms with van der Waals surface area (Å²) in [5, 5.41) is 0. The molecular formula is C9H12N. The van der Waals surface area contributed by atoms with Crippen molar-refractivity contribution in [3.8, 4) is 0 Å². The van der Waals surface area contributed by atoms with Crippen LogP contribution in [0.2, 0.25) is 0 Å². The number of hydrogen-bond donors (Lipinski definition) is 0. The molecule has 0 unspecified atom stereocenters. The number of hydrogen-bond acceptors (Lipinski definition) is 1. The minimum Gasteiger partial charge on any atom is -0.261 e. The third-order valence-electron chi connectivity index (χ3n) is 1.54. The van der Waals surface area contributed by atoms with Gasteiger partial charge in [0.2, 0.25) is 0 Å². The third kappa shape index (κ3) is 1.56. The maximum atomic E-state index is 4.17. The van der Waals surface area contributed by atoms with Gasteiger partial charge in [-0.3, -0.25) is 4.98 Å². The van der Waals surface area contributed by atoms with E-state index in [9.17, 15) is 0 Å². The fourth-order valence-electron chi connectivity index (χ4n) is 0.972. The first kappa shape index (κ1) is 7.26. The van der Waals surface area contributed by atoms with Crippen LogP contribution in [0.1, 0.15) is 24.6 Å². The lowest BCUT2D eigenvalue weighted by Gasteiger charge is -1.99. The zero-order valence-corrected chi connectivity index (χ0v) is 6.52. The molecule has 53 valence electrons. The van der Waals surface area contributed by atoms with Crippen molar-refractivity contribution < 1.29 is 0 Å². The first-order valence-electron chi connectivity index (χ1n) is 3.66. The normalized spacial score (nSPS) is 9.80. The van der Waals surface area contributed by atoms with Crippen molar-refractivity contribution in [3.05, 3.63) is 29.6 Å². The summed E-state index contributed by atoms with van der Waals surface area (Å²) in [5.41, 5.74) is 2.37. The Morgan fingerprint density at radius 3 is 3.00 bits per heavy atom. The summed E-state index contributed by atoms with van der Waals surface area (Å²) in [6.07, 6.45) is 4.05. The van der Waals surface area contributed by atoms with Crippen LogP contribution in [0, 0.1) is 13.0 Å². The Hall–Kier alpha value is -0.850. The van der Waals surface area contributed by atoms with E-state index in [4.69, 9.17) is 0 Å². The molecule has 0 spiro atoms. The first-order chi connectivity index (χ1) is 4.84. The smallest absolute Gasteiger partial charge is 0.0410 e. The van der Waals surface area contributed by atoms with E-state index >= 15 is 0 Å². The summed E-state index contributed by atoms with van der Waals surface area (Å²) >= 11 is 0. The van der Waals surface area contributed by atoms with Crippen molar-refractivity contribution in [2.45, 2.75) is 26.7 Å². The molecule has 1 aromatic heterocycles. The molecule has 0 bridgehead atoms. The van der Waals surface area contributed by atoms with Gasteiger partial charge in [0.1, 0.15) is 0 Å². The van der Waals surface area contributed by atoms with Gasteiger partial charge < -0.3 is 0 Å². The SMILES string of the molecule is CCCc1[c]ccnc1C. The summed E-state index contributed by atoms with van der Waals surface area (Å²) in [4.78, 5) is 4.17. The van der Waals surface area contributed by atoms with Crippen molar-refractivity contribution in [2.75, 3.05) is 0 Å². The molecule has 1 radical (unpaired) electrons. The molecular weight excluding hydrogens is 122 g/mol. The molecule has 1 nitrogen and oxygen atoms in total. The molecule has 0 saturated heterocycles. The van der Waals surface area contributed by atoms with Crippen LogP contribution in [0.4, 0.5) is 0 Å². The highest BCUT2D eigenvalue weighted by atomic mass is 14.7. The molecule has 1 heteroatoms. The summed E-state index contributed by atoms with van der Waals surface area (Å²) in [7, 11) is 0. The number of pyridine rings is 1. The van der Waals surface area contributed by atoms with Gasteiger partial charge >= 0.3 is 0 Å². The Kier molecular flexibility index (Phi) is 2.43. The van der Waals surface area contributed by atoms with E-state index in [1.807, 2.05) is 13.0 Å². The zero-order chi connectivity index (χ0) is 7.40. The number of aryl methyl sites for hydroxylation is 2. The molecule has 0 aliphatic carbocycles. The van der Waals surface area contributed by atoms with Gasteiger partial charge in [-0.2, -0.15) is 0 Å². The Bertz CT molecular complexity index is 206.